The van der Waals surface area contributed by atoms with E-state index in [1.165, 1.54) is 70.9 Å². The van der Waals surface area contributed by atoms with E-state index in [4.69, 9.17) is 8.83 Å². The fourth-order valence-electron chi connectivity index (χ4n) is 9.71. The summed E-state index contributed by atoms with van der Waals surface area (Å²) in [7, 11) is 0. The molecule has 268 valence electrons. The highest BCUT2D eigenvalue weighted by molar-refractivity contribution is 6.28. The first kappa shape index (κ1) is 31.5. The van der Waals surface area contributed by atoms with Crippen molar-refractivity contribution in [2.75, 3.05) is 0 Å². The molecule has 13 rings (SSSR count). The van der Waals surface area contributed by atoms with Gasteiger partial charge in [0.05, 0.1) is 0 Å². The van der Waals surface area contributed by atoms with Crippen molar-refractivity contribution in [1.82, 2.24) is 0 Å². The summed E-state index contributed by atoms with van der Waals surface area (Å²) in [6.07, 6.45) is 0. The van der Waals surface area contributed by atoms with Gasteiger partial charge in [-0.2, -0.15) is 0 Å². The molecule has 0 bridgehead atoms. The van der Waals surface area contributed by atoms with Crippen LogP contribution in [-0.2, 0) is 0 Å². The third-order valence-corrected chi connectivity index (χ3v) is 12.4. The van der Waals surface area contributed by atoms with Gasteiger partial charge in [-0.1, -0.05) is 146 Å². The molecular formula is C56H32O2. The Kier molecular flexibility index (Phi) is 6.47. The predicted octanol–water partition coefficient (Wildman–Crippen LogP) is 16.3. The Morgan fingerprint density at radius 3 is 1.36 bits per heavy atom. The Hall–Kier alpha value is -7.68. The van der Waals surface area contributed by atoms with Crippen molar-refractivity contribution in [1.29, 1.82) is 0 Å². The molecule has 0 fully saturated rings. The molecule has 0 spiro atoms. The van der Waals surface area contributed by atoms with Gasteiger partial charge in [0, 0.05) is 26.9 Å². The lowest BCUT2D eigenvalue weighted by molar-refractivity contribution is 0.664. The number of fused-ring (bicyclic) bond motifs is 13. The van der Waals surface area contributed by atoms with Gasteiger partial charge in [-0.15, -0.1) is 0 Å². The molecule has 2 heterocycles. The molecule has 13 aromatic rings. The van der Waals surface area contributed by atoms with Gasteiger partial charge in [0.1, 0.15) is 22.3 Å². The molecule has 2 aromatic heterocycles. The highest BCUT2D eigenvalue weighted by Gasteiger charge is 2.19. The quantitative estimate of drug-likeness (QED) is 0.169. The predicted molar refractivity (Wildman–Crippen MR) is 245 cm³/mol. The van der Waals surface area contributed by atoms with Crippen molar-refractivity contribution in [2.24, 2.45) is 0 Å². The number of benzene rings is 11. The highest BCUT2D eigenvalue weighted by Crippen LogP contribution is 2.46. The van der Waals surface area contributed by atoms with Crippen LogP contribution in [0.1, 0.15) is 0 Å². The van der Waals surface area contributed by atoms with E-state index < -0.39 is 0 Å². The maximum Gasteiger partial charge on any atom is 0.143 e. The summed E-state index contributed by atoms with van der Waals surface area (Å²) in [5.41, 5.74) is 10.9. The molecular weight excluding hydrogens is 705 g/mol. The molecule has 0 aliphatic heterocycles. The Morgan fingerprint density at radius 1 is 0.241 bits per heavy atom. The average Bonchev–Trinajstić information content (AvgIpc) is 3.86. The van der Waals surface area contributed by atoms with Crippen molar-refractivity contribution in [3.8, 4) is 33.4 Å². The van der Waals surface area contributed by atoms with Crippen LogP contribution in [0, 0.1) is 0 Å². The Morgan fingerprint density at radius 2 is 0.690 bits per heavy atom. The van der Waals surface area contributed by atoms with Crippen LogP contribution < -0.4 is 0 Å². The van der Waals surface area contributed by atoms with Gasteiger partial charge in [-0.3, -0.25) is 0 Å². The maximum absolute atomic E-state index is 6.68. The smallest absolute Gasteiger partial charge is 0.143 e. The van der Waals surface area contributed by atoms with Crippen LogP contribution in [-0.4, -0.2) is 0 Å². The van der Waals surface area contributed by atoms with E-state index in [0.717, 1.165) is 60.2 Å². The van der Waals surface area contributed by atoms with Crippen LogP contribution >= 0.6 is 0 Å². The monoisotopic (exact) mass is 736 g/mol. The molecule has 2 nitrogen and oxygen atoms in total. The van der Waals surface area contributed by atoms with Crippen LogP contribution in [0.15, 0.2) is 203 Å². The molecule has 0 saturated carbocycles. The zero-order valence-electron chi connectivity index (χ0n) is 31.3. The first-order chi connectivity index (χ1) is 28.7. The summed E-state index contributed by atoms with van der Waals surface area (Å²) in [5.74, 6) is 0. The van der Waals surface area contributed by atoms with Crippen LogP contribution in [0.25, 0.3) is 131 Å². The van der Waals surface area contributed by atoms with Crippen molar-refractivity contribution in [2.45, 2.75) is 0 Å². The summed E-state index contributed by atoms with van der Waals surface area (Å²) in [6.45, 7) is 0. The number of furan rings is 2. The molecule has 0 radical (unpaired) electrons. The standard InChI is InChI=1S/C56H32O2/c1-2-10-35-30-40(23-17-33(35)9-1)52-42-11-3-5-13-44(42)53(45-14-6-4-12-43(45)52)41-24-22-36-29-37(20-21-38(36)31-41)39-19-18-34-25-26-47-55-51(58-56(47)48(34)32-39)28-27-50-54(55)46-15-7-8-16-49(46)57-50/h1-32H. The Bertz CT molecular complexity index is 3800. The number of rotatable bonds is 3. The van der Waals surface area contributed by atoms with E-state index in [1.807, 2.05) is 24.3 Å². The van der Waals surface area contributed by atoms with E-state index in [9.17, 15) is 0 Å². The first-order valence-corrected chi connectivity index (χ1v) is 19.9. The lowest BCUT2D eigenvalue weighted by atomic mass is 9.85. The molecule has 0 aliphatic rings. The topological polar surface area (TPSA) is 26.3 Å². The van der Waals surface area contributed by atoms with E-state index in [0.29, 0.717) is 0 Å². The lowest BCUT2D eigenvalue weighted by Crippen LogP contribution is -1.91. The largest absolute Gasteiger partial charge is 0.456 e. The Balaban J connectivity index is 0.946. The SMILES string of the molecule is c1ccc2cc(-c3c4ccccc4c(-c4ccc5cc(-c6ccc7ccc8c(oc9ccc%10oc%11ccccc%11c%10c98)c7c6)ccc5c4)c4ccccc34)ccc2c1. The van der Waals surface area contributed by atoms with Gasteiger partial charge >= 0.3 is 0 Å². The number of para-hydroxylation sites is 1. The third-order valence-electron chi connectivity index (χ3n) is 12.4. The second-order valence-electron chi connectivity index (χ2n) is 15.6. The summed E-state index contributed by atoms with van der Waals surface area (Å²) in [6, 6.07) is 70.5. The van der Waals surface area contributed by atoms with Gasteiger partial charge < -0.3 is 8.83 Å². The van der Waals surface area contributed by atoms with E-state index in [2.05, 4.69) is 170 Å². The fraction of sp³-hybridized carbons (Fsp3) is 0. The maximum atomic E-state index is 6.68. The molecule has 0 atom stereocenters. The second kappa shape index (κ2) is 11.9. The van der Waals surface area contributed by atoms with E-state index in [-0.39, 0.29) is 0 Å². The molecule has 11 aromatic carbocycles. The average molecular weight is 737 g/mol. The van der Waals surface area contributed by atoms with Gasteiger partial charge in [0.15, 0.2) is 0 Å². The molecule has 2 heteroatoms. The van der Waals surface area contributed by atoms with Crippen LogP contribution in [0.5, 0.6) is 0 Å². The summed E-state index contributed by atoms with van der Waals surface area (Å²) < 4.78 is 12.9. The zero-order chi connectivity index (χ0) is 37.9. The minimum atomic E-state index is 0.873. The molecule has 0 aliphatic carbocycles. The van der Waals surface area contributed by atoms with Crippen molar-refractivity contribution in [3.63, 3.8) is 0 Å². The molecule has 58 heavy (non-hydrogen) atoms. The molecule has 0 N–H and O–H groups in total. The third kappa shape index (κ3) is 4.54. The van der Waals surface area contributed by atoms with E-state index >= 15 is 0 Å². The lowest BCUT2D eigenvalue weighted by Gasteiger charge is -2.18. The normalized spacial score (nSPS) is 12.1. The van der Waals surface area contributed by atoms with Crippen molar-refractivity contribution >= 4 is 97.7 Å². The van der Waals surface area contributed by atoms with Crippen molar-refractivity contribution in [3.05, 3.63) is 194 Å². The van der Waals surface area contributed by atoms with Crippen LogP contribution in [0.3, 0.4) is 0 Å². The molecule has 0 unspecified atom stereocenters. The summed E-state index contributed by atoms with van der Waals surface area (Å²) >= 11 is 0. The van der Waals surface area contributed by atoms with Gasteiger partial charge in [-0.05, 0) is 130 Å². The van der Waals surface area contributed by atoms with Gasteiger partial charge in [0.2, 0.25) is 0 Å². The highest BCUT2D eigenvalue weighted by atomic mass is 16.3. The van der Waals surface area contributed by atoms with Crippen LogP contribution in [0.4, 0.5) is 0 Å². The van der Waals surface area contributed by atoms with Gasteiger partial charge in [-0.25, -0.2) is 0 Å². The zero-order valence-corrected chi connectivity index (χ0v) is 31.3. The van der Waals surface area contributed by atoms with Crippen LogP contribution in [0.2, 0.25) is 0 Å². The molecule has 0 saturated heterocycles. The first-order valence-electron chi connectivity index (χ1n) is 19.9. The Labute approximate surface area is 332 Å². The molecule has 0 amide bonds. The second-order valence-corrected chi connectivity index (χ2v) is 15.6. The summed E-state index contributed by atoms with van der Waals surface area (Å²) in [5, 5.41) is 16.7. The minimum Gasteiger partial charge on any atom is -0.456 e. The number of hydrogen-bond donors (Lipinski definition) is 0. The van der Waals surface area contributed by atoms with Crippen molar-refractivity contribution < 1.29 is 8.83 Å². The summed E-state index contributed by atoms with van der Waals surface area (Å²) in [4.78, 5) is 0. The fourth-order valence-corrected chi connectivity index (χ4v) is 9.71. The van der Waals surface area contributed by atoms with Gasteiger partial charge in [0.25, 0.3) is 0 Å². The minimum absolute atomic E-state index is 0.873. The van der Waals surface area contributed by atoms with E-state index in [1.54, 1.807) is 0 Å². The number of hydrogen-bond acceptors (Lipinski definition) is 2.